The maximum atomic E-state index is 11.6. The first kappa shape index (κ1) is 13.6. The Morgan fingerprint density at radius 1 is 1.28 bits per heavy atom. The van der Waals surface area contributed by atoms with Gasteiger partial charge in [-0.05, 0) is 23.5 Å². The number of sulfone groups is 1. The molecular formula is C14H21NO2S. The summed E-state index contributed by atoms with van der Waals surface area (Å²) < 4.78 is 23.2. The van der Waals surface area contributed by atoms with Crippen LogP contribution in [0.4, 0.5) is 0 Å². The van der Waals surface area contributed by atoms with Crippen LogP contribution in [0.25, 0.3) is 0 Å². The molecule has 0 radical (unpaired) electrons. The minimum Gasteiger partial charge on any atom is -0.308 e. The van der Waals surface area contributed by atoms with Crippen LogP contribution in [-0.4, -0.2) is 26.5 Å². The summed E-state index contributed by atoms with van der Waals surface area (Å²) in [5, 5.41) is 3.27. The summed E-state index contributed by atoms with van der Waals surface area (Å²) in [5.74, 6) is 1.12. The second kappa shape index (κ2) is 5.41. The highest BCUT2D eigenvalue weighted by atomic mass is 32.2. The molecule has 3 nitrogen and oxygen atoms in total. The molecule has 0 aromatic heterocycles. The first-order valence-electron chi connectivity index (χ1n) is 6.49. The fourth-order valence-electron chi connectivity index (χ4n) is 2.36. The molecule has 1 fully saturated rings. The van der Waals surface area contributed by atoms with Crippen molar-refractivity contribution in [3.8, 4) is 0 Å². The van der Waals surface area contributed by atoms with Crippen LogP contribution >= 0.6 is 0 Å². The van der Waals surface area contributed by atoms with Crippen LogP contribution in [0, 0.1) is 5.92 Å². The molecule has 1 aliphatic rings. The van der Waals surface area contributed by atoms with Crippen LogP contribution in [0.2, 0.25) is 0 Å². The highest BCUT2D eigenvalue weighted by Gasteiger charge is 2.25. The predicted molar refractivity (Wildman–Crippen MR) is 74.4 cm³/mol. The van der Waals surface area contributed by atoms with Crippen LogP contribution in [0.15, 0.2) is 24.3 Å². The number of benzene rings is 1. The Kier molecular flexibility index (Phi) is 4.07. The molecule has 1 aromatic rings. The molecule has 1 N–H and O–H groups in total. The van der Waals surface area contributed by atoms with Crippen LogP contribution in [-0.2, 0) is 16.3 Å². The molecule has 1 saturated heterocycles. The van der Waals surface area contributed by atoms with Crippen molar-refractivity contribution < 1.29 is 8.42 Å². The second-order valence-corrected chi connectivity index (χ2v) is 7.69. The minimum atomic E-state index is -2.87. The van der Waals surface area contributed by atoms with Crippen LogP contribution in [0.3, 0.4) is 0 Å². The van der Waals surface area contributed by atoms with Crippen LogP contribution in [0.1, 0.15) is 31.0 Å². The summed E-state index contributed by atoms with van der Waals surface area (Å²) in [6, 6.07) is 8.28. The Balaban J connectivity index is 2.09. The van der Waals surface area contributed by atoms with Crippen molar-refractivity contribution in [2.75, 3.05) is 18.1 Å². The standard InChI is InChI=1S/C14H21NO2S/c1-11(2)9-12-3-5-13(6-4-12)14-10-18(16,17)8-7-15-14/h3-6,11,14-15H,7-10H2,1-2H3. The van der Waals surface area contributed by atoms with E-state index in [4.69, 9.17) is 0 Å². The van der Waals surface area contributed by atoms with Gasteiger partial charge in [-0.15, -0.1) is 0 Å². The van der Waals surface area contributed by atoms with Gasteiger partial charge in [0.15, 0.2) is 9.84 Å². The van der Waals surface area contributed by atoms with Crippen molar-refractivity contribution in [3.63, 3.8) is 0 Å². The summed E-state index contributed by atoms with van der Waals surface area (Å²) in [6.45, 7) is 4.95. The molecule has 1 unspecified atom stereocenters. The normalized spacial score (nSPS) is 23.2. The molecule has 2 rings (SSSR count). The van der Waals surface area contributed by atoms with Gasteiger partial charge in [0.05, 0.1) is 11.5 Å². The summed E-state index contributed by atoms with van der Waals surface area (Å²) in [7, 11) is -2.87. The van der Waals surface area contributed by atoms with E-state index < -0.39 is 9.84 Å². The van der Waals surface area contributed by atoms with E-state index in [-0.39, 0.29) is 17.5 Å². The Hall–Kier alpha value is -0.870. The van der Waals surface area contributed by atoms with Gasteiger partial charge in [-0.3, -0.25) is 0 Å². The van der Waals surface area contributed by atoms with E-state index in [1.807, 2.05) is 0 Å². The third kappa shape index (κ3) is 3.56. The fraction of sp³-hybridized carbons (Fsp3) is 0.571. The Morgan fingerprint density at radius 2 is 1.94 bits per heavy atom. The smallest absolute Gasteiger partial charge is 0.153 e. The van der Waals surface area contributed by atoms with E-state index in [0.717, 1.165) is 12.0 Å². The third-order valence-electron chi connectivity index (χ3n) is 3.25. The van der Waals surface area contributed by atoms with Crippen LogP contribution in [0.5, 0.6) is 0 Å². The van der Waals surface area contributed by atoms with Crippen molar-refractivity contribution >= 4 is 9.84 Å². The topological polar surface area (TPSA) is 46.2 Å². The van der Waals surface area contributed by atoms with Gasteiger partial charge in [0.1, 0.15) is 0 Å². The van der Waals surface area contributed by atoms with Gasteiger partial charge in [-0.1, -0.05) is 38.1 Å². The molecule has 18 heavy (non-hydrogen) atoms. The summed E-state index contributed by atoms with van der Waals surface area (Å²) in [6.07, 6.45) is 1.07. The number of nitrogens with one attached hydrogen (secondary N) is 1. The molecule has 0 saturated carbocycles. The average molecular weight is 267 g/mol. The summed E-state index contributed by atoms with van der Waals surface area (Å²) in [5.41, 5.74) is 2.39. The highest BCUT2D eigenvalue weighted by Crippen LogP contribution is 2.20. The molecule has 100 valence electrons. The van der Waals surface area contributed by atoms with Crippen molar-refractivity contribution in [1.29, 1.82) is 0 Å². The molecule has 4 heteroatoms. The van der Waals surface area contributed by atoms with E-state index >= 15 is 0 Å². The zero-order valence-electron chi connectivity index (χ0n) is 11.0. The molecule has 0 spiro atoms. The monoisotopic (exact) mass is 267 g/mol. The predicted octanol–water partition coefficient (Wildman–Crippen LogP) is 1.94. The Morgan fingerprint density at radius 3 is 2.50 bits per heavy atom. The van der Waals surface area contributed by atoms with Crippen molar-refractivity contribution in [2.24, 2.45) is 5.92 Å². The van der Waals surface area contributed by atoms with E-state index in [1.54, 1.807) is 0 Å². The lowest BCUT2D eigenvalue weighted by atomic mass is 10.00. The quantitative estimate of drug-likeness (QED) is 0.910. The molecule has 0 bridgehead atoms. The zero-order chi connectivity index (χ0) is 13.2. The van der Waals surface area contributed by atoms with Crippen molar-refractivity contribution in [1.82, 2.24) is 5.32 Å². The lowest BCUT2D eigenvalue weighted by molar-refractivity contribution is 0.531. The Bertz CT molecular complexity index is 491. The molecule has 0 aliphatic carbocycles. The maximum Gasteiger partial charge on any atom is 0.153 e. The lowest BCUT2D eigenvalue weighted by Crippen LogP contribution is -2.39. The van der Waals surface area contributed by atoms with Gasteiger partial charge in [-0.2, -0.15) is 0 Å². The number of hydrogen-bond acceptors (Lipinski definition) is 3. The van der Waals surface area contributed by atoms with E-state index in [2.05, 4.69) is 43.4 Å². The van der Waals surface area contributed by atoms with Gasteiger partial charge >= 0.3 is 0 Å². The maximum absolute atomic E-state index is 11.6. The largest absolute Gasteiger partial charge is 0.308 e. The first-order chi connectivity index (χ1) is 8.46. The number of hydrogen-bond donors (Lipinski definition) is 1. The van der Waals surface area contributed by atoms with Gasteiger partial charge in [0.2, 0.25) is 0 Å². The molecule has 1 aliphatic heterocycles. The van der Waals surface area contributed by atoms with E-state index in [9.17, 15) is 8.42 Å². The molecule has 1 heterocycles. The second-order valence-electron chi connectivity index (χ2n) is 5.46. The third-order valence-corrected chi connectivity index (χ3v) is 4.92. The van der Waals surface area contributed by atoms with Crippen molar-refractivity contribution in [3.05, 3.63) is 35.4 Å². The molecular weight excluding hydrogens is 246 g/mol. The van der Waals surface area contributed by atoms with E-state index in [1.165, 1.54) is 5.56 Å². The van der Waals surface area contributed by atoms with Gasteiger partial charge in [0, 0.05) is 12.6 Å². The van der Waals surface area contributed by atoms with Crippen molar-refractivity contribution in [2.45, 2.75) is 26.3 Å². The molecule has 1 aromatic carbocycles. The highest BCUT2D eigenvalue weighted by molar-refractivity contribution is 7.91. The lowest BCUT2D eigenvalue weighted by Gasteiger charge is -2.24. The van der Waals surface area contributed by atoms with E-state index in [0.29, 0.717) is 12.5 Å². The van der Waals surface area contributed by atoms with Gasteiger partial charge in [0.25, 0.3) is 0 Å². The molecule has 0 amide bonds. The summed E-state index contributed by atoms with van der Waals surface area (Å²) in [4.78, 5) is 0. The molecule has 1 atom stereocenters. The fourth-order valence-corrected chi connectivity index (χ4v) is 3.77. The number of rotatable bonds is 3. The van der Waals surface area contributed by atoms with Gasteiger partial charge in [-0.25, -0.2) is 8.42 Å². The zero-order valence-corrected chi connectivity index (χ0v) is 11.8. The first-order valence-corrected chi connectivity index (χ1v) is 8.31. The van der Waals surface area contributed by atoms with Crippen LogP contribution < -0.4 is 5.32 Å². The minimum absolute atomic E-state index is 0.0446. The Labute approximate surface area is 110 Å². The average Bonchev–Trinajstić information content (AvgIpc) is 2.28. The SMILES string of the molecule is CC(C)Cc1ccc(C2CS(=O)(=O)CCN2)cc1. The van der Waals surface area contributed by atoms with Gasteiger partial charge < -0.3 is 5.32 Å². The summed E-state index contributed by atoms with van der Waals surface area (Å²) >= 11 is 0.